The second-order valence-electron chi connectivity index (χ2n) is 5.48. The highest BCUT2D eigenvalue weighted by molar-refractivity contribution is 7.13. The molecule has 0 amide bonds. The van der Waals surface area contributed by atoms with E-state index < -0.39 is 5.63 Å². The van der Waals surface area contributed by atoms with Crippen LogP contribution in [0.1, 0.15) is 11.3 Å². The number of aromatic nitrogens is 1. The Balaban J connectivity index is 1.59. The number of rotatable bonds is 4. The van der Waals surface area contributed by atoms with Gasteiger partial charge in [-0.2, -0.15) is 0 Å². The molecule has 0 aliphatic rings. The first-order valence-corrected chi connectivity index (χ1v) is 8.72. The average molecular weight is 374 g/mol. The van der Waals surface area contributed by atoms with E-state index in [0.717, 1.165) is 15.8 Å². The third kappa shape index (κ3) is 3.18. The zero-order valence-electron chi connectivity index (χ0n) is 13.1. The van der Waals surface area contributed by atoms with Crippen molar-refractivity contribution < 1.29 is 13.7 Å². The average Bonchev–Trinajstić information content (AvgIpc) is 3.25. The monoisotopic (exact) mass is 373 g/mol. The number of nitrogens with zero attached hydrogens (tertiary/aromatic N) is 1. The van der Waals surface area contributed by atoms with Gasteiger partial charge in [0.25, 0.3) is 0 Å². The van der Waals surface area contributed by atoms with Gasteiger partial charge in [0.15, 0.2) is 5.76 Å². The van der Waals surface area contributed by atoms with Gasteiger partial charge in [0, 0.05) is 23.6 Å². The van der Waals surface area contributed by atoms with Crippen molar-refractivity contribution >= 4 is 33.9 Å². The minimum absolute atomic E-state index is 0.191. The molecule has 0 spiro atoms. The van der Waals surface area contributed by atoms with Crippen LogP contribution >= 0.6 is 22.9 Å². The zero-order valence-corrected chi connectivity index (χ0v) is 14.7. The maximum atomic E-state index is 11.5. The van der Waals surface area contributed by atoms with E-state index in [1.54, 1.807) is 23.5 Å². The minimum atomic E-state index is -0.407. The normalized spacial score (nSPS) is 11.1. The summed E-state index contributed by atoms with van der Waals surface area (Å²) in [4.78, 5) is 12.5. The minimum Gasteiger partial charge on any atom is -0.485 e. The summed E-state index contributed by atoms with van der Waals surface area (Å²) in [5, 5.41) is 7.18. The second-order valence-corrected chi connectivity index (χ2v) is 6.83. The Morgan fingerprint density at radius 2 is 2.16 bits per heavy atom. The molecule has 0 aliphatic carbocycles. The van der Waals surface area contributed by atoms with E-state index in [-0.39, 0.29) is 6.61 Å². The number of halogens is 1. The molecule has 5 nitrogen and oxygen atoms in total. The molecule has 0 saturated heterocycles. The Labute approximate surface area is 151 Å². The Bertz CT molecular complexity index is 1100. The molecule has 0 unspecified atom stereocenters. The quantitative estimate of drug-likeness (QED) is 0.468. The van der Waals surface area contributed by atoms with Crippen LogP contribution in [0.15, 0.2) is 55.5 Å². The molecule has 0 aliphatic heterocycles. The molecule has 0 N–H and O–H groups in total. The lowest BCUT2D eigenvalue weighted by atomic mass is 10.1. The first-order chi connectivity index (χ1) is 12.1. The van der Waals surface area contributed by atoms with Crippen molar-refractivity contribution in [2.75, 3.05) is 0 Å². The molecule has 4 aromatic rings. The zero-order chi connectivity index (χ0) is 17.4. The smallest absolute Gasteiger partial charge is 0.336 e. The third-order valence-corrected chi connectivity index (χ3v) is 4.88. The molecule has 4 rings (SSSR count). The van der Waals surface area contributed by atoms with Gasteiger partial charge in [0.2, 0.25) is 0 Å². The molecule has 3 heterocycles. The first kappa shape index (κ1) is 15.9. The number of hydrogen-bond acceptors (Lipinski definition) is 6. The van der Waals surface area contributed by atoms with Gasteiger partial charge in [0.1, 0.15) is 23.6 Å². The van der Waals surface area contributed by atoms with E-state index in [0.29, 0.717) is 27.8 Å². The summed E-state index contributed by atoms with van der Waals surface area (Å²) in [5.41, 5.74) is 1.47. The van der Waals surface area contributed by atoms with E-state index in [1.165, 1.54) is 6.07 Å². The Morgan fingerprint density at radius 1 is 1.28 bits per heavy atom. The van der Waals surface area contributed by atoms with Gasteiger partial charge in [-0.05, 0) is 30.0 Å². The molecule has 0 bridgehead atoms. The molecule has 0 fully saturated rings. The molecule has 25 heavy (non-hydrogen) atoms. The number of benzene rings is 1. The van der Waals surface area contributed by atoms with Crippen LogP contribution in [0.4, 0.5) is 0 Å². The first-order valence-electron chi connectivity index (χ1n) is 7.46. The molecule has 0 saturated carbocycles. The summed E-state index contributed by atoms with van der Waals surface area (Å²) in [7, 11) is 0. The number of fused-ring (bicyclic) bond motifs is 1. The van der Waals surface area contributed by atoms with E-state index in [2.05, 4.69) is 5.16 Å². The second kappa shape index (κ2) is 6.38. The van der Waals surface area contributed by atoms with Gasteiger partial charge in [-0.25, -0.2) is 4.79 Å². The van der Waals surface area contributed by atoms with Gasteiger partial charge in [-0.1, -0.05) is 22.8 Å². The topological polar surface area (TPSA) is 65.5 Å². The van der Waals surface area contributed by atoms with E-state index in [9.17, 15) is 4.79 Å². The van der Waals surface area contributed by atoms with E-state index in [4.69, 9.17) is 25.3 Å². The van der Waals surface area contributed by atoms with E-state index >= 15 is 0 Å². The predicted molar refractivity (Wildman–Crippen MR) is 96.4 cm³/mol. The van der Waals surface area contributed by atoms with Crippen molar-refractivity contribution in [3.05, 3.63) is 68.5 Å². The van der Waals surface area contributed by atoms with Crippen molar-refractivity contribution in [2.45, 2.75) is 13.5 Å². The summed E-state index contributed by atoms with van der Waals surface area (Å²) < 4.78 is 16.3. The SMILES string of the molecule is Cc1cc(=O)oc2cc(OCc3cc(-c4cccs4)on3)c(Cl)cc12. The Morgan fingerprint density at radius 3 is 2.96 bits per heavy atom. The Hall–Kier alpha value is -2.57. The molecular formula is C18H12ClNO4S. The molecule has 3 aromatic heterocycles. The maximum Gasteiger partial charge on any atom is 0.336 e. The largest absolute Gasteiger partial charge is 0.485 e. The highest BCUT2D eigenvalue weighted by atomic mass is 35.5. The van der Waals surface area contributed by atoms with Gasteiger partial charge in [-0.15, -0.1) is 11.3 Å². The van der Waals surface area contributed by atoms with Gasteiger partial charge in [-0.3, -0.25) is 0 Å². The standard InChI is InChI=1S/C18H12ClNO4S/c1-10-5-18(21)23-14-8-15(13(19)7-12(10)14)22-9-11-6-16(24-20-11)17-3-2-4-25-17/h2-8H,9H2,1H3. The fraction of sp³-hybridized carbons (Fsp3) is 0.111. The summed E-state index contributed by atoms with van der Waals surface area (Å²) >= 11 is 7.85. The van der Waals surface area contributed by atoms with Crippen LogP contribution in [0.25, 0.3) is 21.6 Å². The van der Waals surface area contributed by atoms with Gasteiger partial charge in [0.05, 0.1) is 9.90 Å². The lowest BCUT2D eigenvalue weighted by Crippen LogP contribution is -2.00. The maximum absolute atomic E-state index is 11.5. The highest BCUT2D eigenvalue weighted by Crippen LogP contribution is 2.32. The van der Waals surface area contributed by atoms with Gasteiger partial charge < -0.3 is 13.7 Å². The van der Waals surface area contributed by atoms with Crippen LogP contribution in [0.3, 0.4) is 0 Å². The molecule has 0 radical (unpaired) electrons. The van der Waals surface area contributed by atoms with Crippen LogP contribution in [-0.2, 0) is 6.61 Å². The Kier molecular flexibility index (Phi) is 4.07. The fourth-order valence-corrected chi connectivity index (χ4v) is 3.39. The summed E-state index contributed by atoms with van der Waals surface area (Å²) in [6.45, 7) is 2.02. The molecule has 1 aromatic carbocycles. The van der Waals surface area contributed by atoms with Crippen LogP contribution in [-0.4, -0.2) is 5.16 Å². The van der Waals surface area contributed by atoms with E-state index in [1.807, 2.05) is 30.5 Å². The van der Waals surface area contributed by atoms with Gasteiger partial charge >= 0.3 is 5.63 Å². The summed E-state index contributed by atoms with van der Waals surface area (Å²) in [6.07, 6.45) is 0. The van der Waals surface area contributed by atoms with Crippen LogP contribution in [0.2, 0.25) is 5.02 Å². The number of ether oxygens (including phenoxy) is 1. The third-order valence-electron chi connectivity index (χ3n) is 3.70. The van der Waals surface area contributed by atoms with Crippen LogP contribution in [0.5, 0.6) is 5.75 Å². The molecule has 126 valence electrons. The lowest BCUT2D eigenvalue weighted by molar-refractivity contribution is 0.290. The lowest BCUT2D eigenvalue weighted by Gasteiger charge is -2.08. The highest BCUT2D eigenvalue weighted by Gasteiger charge is 2.12. The number of thiophene rings is 1. The van der Waals surface area contributed by atoms with Crippen molar-refractivity contribution in [3.63, 3.8) is 0 Å². The van der Waals surface area contributed by atoms with Crippen molar-refractivity contribution in [3.8, 4) is 16.4 Å². The van der Waals surface area contributed by atoms with Crippen molar-refractivity contribution in [1.29, 1.82) is 0 Å². The molecule has 7 heteroatoms. The number of hydrogen-bond donors (Lipinski definition) is 0. The van der Waals surface area contributed by atoms with Crippen LogP contribution in [0, 0.1) is 6.92 Å². The van der Waals surface area contributed by atoms with Crippen molar-refractivity contribution in [2.24, 2.45) is 0 Å². The van der Waals surface area contributed by atoms with Crippen molar-refractivity contribution in [1.82, 2.24) is 5.16 Å². The number of aryl methyl sites for hydroxylation is 1. The summed E-state index contributed by atoms with van der Waals surface area (Å²) in [6, 6.07) is 10.5. The predicted octanol–water partition coefficient (Wildman–Crippen LogP) is 5.05. The summed E-state index contributed by atoms with van der Waals surface area (Å²) in [5.74, 6) is 1.11. The molecule has 0 atom stereocenters. The molecular weight excluding hydrogens is 362 g/mol. The van der Waals surface area contributed by atoms with Crippen LogP contribution < -0.4 is 10.4 Å². The fourth-order valence-electron chi connectivity index (χ4n) is 2.50.